The van der Waals surface area contributed by atoms with Crippen molar-refractivity contribution in [2.75, 3.05) is 0 Å². The standard InChI is InChI=1S/C37H58N2/c1-7-13-15-17-23-37(39-35-27-25-31(19-10-4)33(29-35)21-12-6)36(22-16-14-8-2)38-34-26-24-30(18-9-3)32(28-34)20-11-5/h24-29H,7-23H2,1-6H3. The minimum absolute atomic E-state index is 1.01. The van der Waals surface area contributed by atoms with Crippen LogP contribution in [0.3, 0.4) is 0 Å². The molecule has 0 unspecified atom stereocenters. The minimum Gasteiger partial charge on any atom is -0.252 e. The summed E-state index contributed by atoms with van der Waals surface area (Å²) in [6.07, 6.45) is 20.0. The van der Waals surface area contributed by atoms with Crippen molar-refractivity contribution in [2.24, 2.45) is 9.98 Å². The van der Waals surface area contributed by atoms with E-state index >= 15 is 0 Å². The first-order valence-electron chi connectivity index (χ1n) is 16.5. The van der Waals surface area contributed by atoms with Crippen LogP contribution in [0.1, 0.15) is 147 Å². The third kappa shape index (κ3) is 11.8. The van der Waals surface area contributed by atoms with Gasteiger partial charge in [-0.2, -0.15) is 0 Å². The smallest absolute Gasteiger partial charge is 0.0636 e. The first-order chi connectivity index (χ1) is 19.1. The van der Waals surface area contributed by atoms with Gasteiger partial charge in [-0.1, -0.05) is 111 Å². The molecule has 0 atom stereocenters. The van der Waals surface area contributed by atoms with Crippen LogP contribution in [-0.4, -0.2) is 11.4 Å². The van der Waals surface area contributed by atoms with Gasteiger partial charge in [-0.15, -0.1) is 0 Å². The van der Waals surface area contributed by atoms with Crippen molar-refractivity contribution in [3.63, 3.8) is 0 Å². The van der Waals surface area contributed by atoms with Gasteiger partial charge in [0.2, 0.25) is 0 Å². The second kappa shape index (κ2) is 19.8. The van der Waals surface area contributed by atoms with Gasteiger partial charge in [0.15, 0.2) is 0 Å². The monoisotopic (exact) mass is 530 g/mol. The Hall–Kier alpha value is -2.22. The van der Waals surface area contributed by atoms with E-state index < -0.39 is 0 Å². The fourth-order valence-electron chi connectivity index (χ4n) is 5.50. The Kier molecular flexibility index (Phi) is 16.7. The molecule has 0 bridgehead atoms. The third-order valence-corrected chi connectivity index (χ3v) is 7.60. The molecule has 0 spiro atoms. The molecule has 0 saturated heterocycles. The van der Waals surface area contributed by atoms with E-state index in [0.717, 1.165) is 49.9 Å². The van der Waals surface area contributed by atoms with Gasteiger partial charge in [0, 0.05) is 0 Å². The Labute approximate surface area is 241 Å². The molecule has 0 aromatic heterocycles. The minimum atomic E-state index is 1.01. The quantitative estimate of drug-likeness (QED) is 0.120. The summed E-state index contributed by atoms with van der Waals surface area (Å²) in [5.74, 6) is 0. The molecular formula is C37H58N2. The number of benzene rings is 2. The summed E-state index contributed by atoms with van der Waals surface area (Å²) in [5.41, 5.74) is 10.6. The third-order valence-electron chi connectivity index (χ3n) is 7.60. The molecule has 2 rings (SSSR count). The first-order valence-corrected chi connectivity index (χ1v) is 16.5. The number of nitrogens with zero attached hydrogens (tertiary/aromatic N) is 2. The van der Waals surface area contributed by atoms with E-state index in [4.69, 9.17) is 9.98 Å². The van der Waals surface area contributed by atoms with Gasteiger partial charge in [-0.05, 0) is 97.9 Å². The van der Waals surface area contributed by atoms with E-state index in [1.54, 1.807) is 0 Å². The van der Waals surface area contributed by atoms with Crippen LogP contribution in [0.25, 0.3) is 0 Å². The maximum Gasteiger partial charge on any atom is 0.0636 e. The van der Waals surface area contributed by atoms with E-state index in [-0.39, 0.29) is 0 Å². The summed E-state index contributed by atoms with van der Waals surface area (Å²) < 4.78 is 0. The number of aryl methyl sites for hydroxylation is 4. The van der Waals surface area contributed by atoms with Crippen molar-refractivity contribution < 1.29 is 0 Å². The van der Waals surface area contributed by atoms with Crippen molar-refractivity contribution in [3.05, 3.63) is 58.7 Å². The summed E-state index contributed by atoms with van der Waals surface area (Å²) in [6.45, 7) is 13.7. The van der Waals surface area contributed by atoms with Gasteiger partial charge in [0.1, 0.15) is 0 Å². The van der Waals surface area contributed by atoms with Gasteiger partial charge >= 0.3 is 0 Å². The summed E-state index contributed by atoms with van der Waals surface area (Å²) in [7, 11) is 0. The molecule has 2 heteroatoms. The molecular weight excluding hydrogens is 472 g/mol. The summed E-state index contributed by atoms with van der Waals surface area (Å²) >= 11 is 0. The lowest BCUT2D eigenvalue weighted by molar-refractivity contribution is 0.683. The topological polar surface area (TPSA) is 24.7 Å². The molecule has 0 aliphatic carbocycles. The molecule has 216 valence electrons. The number of hydrogen-bond donors (Lipinski definition) is 0. The molecule has 2 nitrogen and oxygen atoms in total. The predicted molar refractivity (Wildman–Crippen MR) is 176 cm³/mol. The van der Waals surface area contributed by atoms with E-state index in [0.29, 0.717) is 0 Å². The summed E-state index contributed by atoms with van der Waals surface area (Å²) in [5, 5.41) is 0. The highest BCUT2D eigenvalue weighted by Crippen LogP contribution is 2.26. The number of aliphatic imine (C=N–C) groups is 2. The normalized spacial score (nSPS) is 12.4. The Balaban J connectivity index is 2.56. The Bertz CT molecular complexity index is 1010. The molecule has 2 aromatic carbocycles. The van der Waals surface area contributed by atoms with Crippen molar-refractivity contribution in [3.8, 4) is 0 Å². The average Bonchev–Trinajstić information content (AvgIpc) is 2.93. The van der Waals surface area contributed by atoms with Gasteiger partial charge < -0.3 is 0 Å². The molecule has 0 aliphatic heterocycles. The van der Waals surface area contributed by atoms with Crippen LogP contribution in [0.2, 0.25) is 0 Å². The lowest BCUT2D eigenvalue weighted by Crippen LogP contribution is -2.14. The maximum atomic E-state index is 5.37. The predicted octanol–water partition coefficient (Wildman–Crippen LogP) is 11.9. The van der Waals surface area contributed by atoms with Crippen LogP contribution in [0.5, 0.6) is 0 Å². The van der Waals surface area contributed by atoms with E-state index in [9.17, 15) is 0 Å². The highest BCUT2D eigenvalue weighted by molar-refractivity contribution is 6.43. The number of hydrogen-bond acceptors (Lipinski definition) is 2. The molecule has 0 aliphatic rings. The zero-order valence-corrected chi connectivity index (χ0v) is 26.4. The van der Waals surface area contributed by atoms with Crippen molar-refractivity contribution >= 4 is 22.8 Å². The van der Waals surface area contributed by atoms with Crippen molar-refractivity contribution in [2.45, 2.75) is 151 Å². The Morgan fingerprint density at radius 2 is 0.821 bits per heavy atom. The molecule has 2 aromatic rings. The number of rotatable bonds is 20. The van der Waals surface area contributed by atoms with Crippen molar-refractivity contribution in [1.82, 2.24) is 0 Å². The summed E-state index contributed by atoms with van der Waals surface area (Å²) in [6, 6.07) is 13.9. The van der Waals surface area contributed by atoms with E-state index in [2.05, 4.69) is 77.9 Å². The number of unbranched alkanes of at least 4 members (excludes halogenated alkanes) is 5. The summed E-state index contributed by atoms with van der Waals surface area (Å²) in [4.78, 5) is 10.7. The molecule has 39 heavy (non-hydrogen) atoms. The highest BCUT2D eigenvalue weighted by Gasteiger charge is 2.13. The lowest BCUT2D eigenvalue weighted by Gasteiger charge is -2.14. The fraction of sp³-hybridized carbons (Fsp3) is 0.622. The molecule has 0 amide bonds. The van der Waals surface area contributed by atoms with Gasteiger partial charge in [0.25, 0.3) is 0 Å². The largest absolute Gasteiger partial charge is 0.252 e. The molecule has 0 heterocycles. The highest BCUT2D eigenvalue weighted by atomic mass is 14.8. The molecule has 0 fully saturated rings. The van der Waals surface area contributed by atoms with E-state index in [1.165, 1.54) is 104 Å². The van der Waals surface area contributed by atoms with E-state index in [1.807, 2.05) is 0 Å². The van der Waals surface area contributed by atoms with Crippen LogP contribution in [0, 0.1) is 0 Å². The first kappa shape index (κ1) is 33.0. The Morgan fingerprint density at radius 3 is 1.23 bits per heavy atom. The Morgan fingerprint density at radius 1 is 0.436 bits per heavy atom. The average molecular weight is 531 g/mol. The van der Waals surface area contributed by atoms with Crippen LogP contribution >= 0.6 is 0 Å². The van der Waals surface area contributed by atoms with Crippen LogP contribution in [-0.2, 0) is 25.7 Å². The van der Waals surface area contributed by atoms with Crippen LogP contribution in [0.4, 0.5) is 11.4 Å². The maximum absolute atomic E-state index is 5.37. The van der Waals surface area contributed by atoms with Gasteiger partial charge in [-0.3, -0.25) is 9.98 Å². The SMILES string of the molecule is CCCCCCC(=Nc1ccc(CCC)c(CCC)c1)C(CCCCC)=Nc1ccc(CCC)c(CCC)c1. The van der Waals surface area contributed by atoms with Gasteiger partial charge in [0.05, 0.1) is 22.8 Å². The zero-order valence-electron chi connectivity index (χ0n) is 26.4. The van der Waals surface area contributed by atoms with Crippen molar-refractivity contribution in [1.29, 1.82) is 0 Å². The second-order valence-electron chi connectivity index (χ2n) is 11.3. The van der Waals surface area contributed by atoms with Gasteiger partial charge in [-0.25, -0.2) is 0 Å². The second-order valence-corrected chi connectivity index (χ2v) is 11.3. The molecule has 0 saturated carbocycles. The fourth-order valence-corrected chi connectivity index (χ4v) is 5.50. The zero-order chi connectivity index (χ0) is 28.3. The molecule has 0 N–H and O–H groups in total. The van der Waals surface area contributed by atoms with Crippen LogP contribution in [0.15, 0.2) is 46.4 Å². The van der Waals surface area contributed by atoms with Crippen LogP contribution < -0.4 is 0 Å². The lowest BCUT2D eigenvalue weighted by atomic mass is 9.98. The molecule has 0 radical (unpaired) electrons.